The molecule has 9 heteroatoms. The van der Waals surface area contributed by atoms with Crippen LogP contribution in [0.2, 0.25) is 0 Å². The van der Waals surface area contributed by atoms with E-state index in [2.05, 4.69) is 27.0 Å². The van der Waals surface area contributed by atoms with Crippen LogP contribution in [0.3, 0.4) is 0 Å². The van der Waals surface area contributed by atoms with Crippen LogP contribution in [-0.4, -0.2) is 26.4 Å². The summed E-state index contributed by atoms with van der Waals surface area (Å²) < 4.78 is 1.96. The Balaban J connectivity index is 1.45. The summed E-state index contributed by atoms with van der Waals surface area (Å²) >= 11 is 4.51. The Labute approximate surface area is 169 Å². The second-order valence-electron chi connectivity index (χ2n) is 6.24. The van der Waals surface area contributed by atoms with Gasteiger partial charge in [0.15, 0.2) is 11.0 Å². The van der Waals surface area contributed by atoms with Gasteiger partial charge in [-0.05, 0) is 42.7 Å². The van der Waals surface area contributed by atoms with Crippen LogP contribution in [0.4, 0.5) is 5.00 Å². The van der Waals surface area contributed by atoms with Gasteiger partial charge in [0.1, 0.15) is 11.1 Å². The summed E-state index contributed by atoms with van der Waals surface area (Å²) in [5.41, 5.74) is 3.08. The number of nitrogens with zero attached hydrogens (tertiary/aromatic N) is 4. The molecule has 0 radical (unpaired) electrons. The number of thiophene rings is 2. The minimum atomic E-state index is -0.156. The maximum atomic E-state index is 12.2. The van der Waals surface area contributed by atoms with E-state index in [0.717, 1.165) is 18.7 Å². The number of aromatic nitrogens is 3. The number of rotatable bonds is 5. The molecule has 138 valence electrons. The van der Waals surface area contributed by atoms with Crippen molar-refractivity contribution in [3.63, 3.8) is 0 Å². The normalized spacial score (nSPS) is 13.2. The zero-order chi connectivity index (χ0) is 18.8. The van der Waals surface area contributed by atoms with E-state index in [1.807, 2.05) is 23.0 Å². The molecule has 0 atom stereocenters. The fraction of sp³-hybridized carbons (Fsp3) is 0.333. The number of nitrogens with one attached hydrogen (secondary N) is 1. The van der Waals surface area contributed by atoms with Crippen LogP contribution in [0.15, 0.2) is 22.0 Å². The highest BCUT2D eigenvalue weighted by molar-refractivity contribution is 7.99. The number of aryl methyl sites for hydroxylation is 1. The molecule has 1 N–H and O–H groups in total. The SMILES string of the molecule is Cn1c(SCC(=O)Nc2sccc2C#N)nnc1-c1csc2c1CCCC2. The summed E-state index contributed by atoms with van der Waals surface area (Å²) in [6, 6.07) is 3.77. The van der Waals surface area contributed by atoms with Gasteiger partial charge in [-0.15, -0.1) is 32.9 Å². The molecule has 1 aliphatic rings. The first-order valence-corrected chi connectivity index (χ1v) is 11.3. The first kappa shape index (κ1) is 18.2. The van der Waals surface area contributed by atoms with Crippen LogP contribution in [0.1, 0.15) is 28.8 Å². The number of carbonyl (C=O) groups is 1. The molecule has 0 aromatic carbocycles. The van der Waals surface area contributed by atoms with Gasteiger partial charge in [0.05, 0.1) is 11.3 Å². The van der Waals surface area contributed by atoms with Crippen LogP contribution in [-0.2, 0) is 24.7 Å². The molecule has 6 nitrogen and oxygen atoms in total. The average molecular weight is 416 g/mol. The summed E-state index contributed by atoms with van der Waals surface area (Å²) in [7, 11) is 1.94. The number of amides is 1. The maximum Gasteiger partial charge on any atom is 0.235 e. The van der Waals surface area contributed by atoms with Crippen molar-refractivity contribution in [2.24, 2.45) is 7.05 Å². The van der Waals surface area contributed by atoms with Gasteiger partial charge < -0.3 is 9.88 Å². The zero-order valence-corrected chi connectivity index (χ0v) is 17.1. The third-order valence-corrected chi connectivity index (χ3v) is 7.45. The Bertz CT molecular complexity index is 1030. The van der Waals surface area contributed by atoms with Crippen molar-refractivity contribution in [3.8, 4) is 17.5 Å². The van der Waals surface area contributed by atoms with Crippen molar-refractivity contribution < 1.29 is 4.79 Å². The van der Waals surface area contributed by atoms with E-state index in [-0.39, 0.29) is 11.7 Å². The maximum absolute atomic E-state index is 12.2. The molecule has 0 aliphatic heterocycles. The lowest BCUT2D eigenvalue weighted by atomic mass is 9.96. The van der Waals surface area contributed by atoms with E-state index >= 15 is 0 Å². The van der Waals surface area contributed by atoms with Gasteiger partial charge in [-0.1, -0.05) is 11.8 Å². The fourth-order valence-corrected chi connectivity index (χ4v) is 5.73. The number of nitriles is 1. The number of fused-ring (bicyclic) bond motifs is 1. The smallest absolute Gasteiger partial charge is 0.235 e. The Morgan fingerprint density at radius 1 is 1.37 bits per heavy atom. The summed E-state index contributed by atoms with van der Waals surface area (Å²) in [6.07, 6.45) is 4.75. The van der Waals surface area contributed by atoms with Crippen LogP contribution in [0, 0.1) is 11.3 Å². The van der Waals surface area contributed by atoms with Gasteiger partial charge in [0, 0.05) is 22.9 Å². The Morgan fingerprint density at radius 2 is 2.22 bits per heavy atom. The predicted octanol–water partition coefficient (Wildman–Crippen LogP) is 4.09. The van der Waals surface area contributed by atoms with E-state index in [4.69, 9.17) is 5.26 Å². The van der Waals surface area contributed by atoms with Crippen molar-refractivity contribution in [1.29, 1.82) is 5.26 Å². The average Bonchev–Trinajstić information content (AvgIpc) is 3.38. The lowest BCUT2D eigenvalue weighted by Crippen LogP contribution is -2.14. The van der Waals surface area contributed by atoms with Gasteiger partial charge in [0.2, 0.25) is 5.91 Å². The van der Waals surface area contributed by atoms with E-state index < -0.39 is 0 Å². The summed E-state index contributed by atoms with van der Waals surface area (Å²) in [5, 5.41) is 25.7. The minimum absolute atomic E-state index is 0.156. The van der Waals surface area contributed by atoms with Crippen LogP contribution in [0.5, 0.6) is 0 Å². The highest BCUT2D eigenvalue weighted by atomic mass is 32.2. The van der Waals surface area contributed by atoms with Gasteiger partial charge >= 0.3 is 0 Å². The molecule has 0 spiro atoms. The molecule has 1 aliphatic carbocycles. The standard InChI is InChI=1S/C18H17N5OS3/c1-23-16(13-9-26-14-5-3-2-4-12(13)14)21-22-18(23)27-10-15(24)20-17-11(8-19)6-7-25-17/h6-7,9H,2-5,10H2,1H3,(H,20,24). The van der Waals surface area contributed by atoms with Crippen molar-refractivity contribution in [2.75, 3.05) is 11.1 Å². The van der Waals surface area contributed by atoms with Crippen LogP contribution in [0.25, 0.3) is 11.4 Å². The highest BCUT2D eigenvalue weighted by Crippen LogP contribution is 2.36. The Morgan fingerprint density at radius 3 is 3.07 bits per heavy atom. The molecule has 3 heterocycles. The van der Waals surface area contributed by atoms with E-state index in [9.17, 15) is 4.79 Å². The molecule has 1 amide bonds. The number of hydrogen-bond donors (Lipinski definition) is 1. The molecular weight excluding hydrogens is 398 g/mol. The summed E-state index contributed by atoms with van der Waals surface area (Å²) in [4.78, 5) is 13.7. The van der Waals surface area contributed by atoms with Gasteiger partial charge in [-0.2, -0.15) is 5.26 Å². The molecule has 0 bridgehead atoms. The fourth-order valence-electron chi connectivity index (χ4n) is 3.14. The van der Waals surface area contributed by atoms with Gasteiger partial charge in [0.25, 0.3) is 0 Å². The number of hydrogen-bond acceptors (Lipinski definition) is 7. The summed E-state index contributed by atoms with van der Waals surface area (Å²) in [6.45, 7) is 0. The van der Waals surface area contributed by atoms with Crippen LogP contribution < -0.4 is 5.32 Å². The quantitative estimate of drug-likeness (QED) is 0.635. The van der Waals surface area contributed by atoms with E-state index in [0.29, 0.717) is 15.7 Å². The van der Waals surface area contributed by atoms with Crippen molar-refractivity contribution in [2.45, 2.75) is 30.8 Å². The minimum Gasteiger partial charge on any atom is -0.316 e. The van der Waals surface area contributed by atoms with Crippen LogP contribution >= 0.6 is 34.4 Å². The van der Waals surface area contributed by atoms with E-state index in [1.54, 1.807) is 11.4 Å². The molecule has 0 saturated heterocycles. The van der Waals surface area contributed by atoms with Gasteiger partial charge in [-0.25, -0.2) is 0 Å². The third-order valence-electron chi connectivity index (χ3n) is 4.51. The molecular formula is C18H17N5OS3. The number of anilines is 1. The molecule has 0 saturated carbocycles. The molecule has 3 aromatic heterocycles. The molecule has 27 heavy (non-hydrogen) atoms. The van der Waals surface area contributed by atoms with E-state index in [1.165, 1.54) is 51.9 Å². The Hall–Kier alpha value is -2.15. The first-order valence-electron chi connectivity index (χ1n) is 8.56. The molecule has 0 unspecified atom stereocenters. The monoisotopic (exact) mass is 415 g/mol. The highest BCUT2D eigenvalue weighted by Gasteiger charge is 2.21. The van der Waals surface area contributed by atoms with Crippen molar-refractivity contribution in [3.05, 3.63) is 32.8 Å². The third kappa shape index (κ3) is 3.65. The largest absolute Gasteiger partial charge is 0.316 e. The zero-order valence-electron chi connectivity index (χ0n) is 14.7. The molecule has 4 rings (SSSR count). The summed E-state index contributed by atoms with van der Waals surface area (Å²) in [5.74, 6) is 0.926. The molecule has 3 aromatic rings. The van der Waals surface area contributed by atoms with Gasteiger partial charge in [-0.3, -0.25) is 4.79 Å². The lowest BCUT2D eigenvalue weighted by molar-refractivity contribution is -0.113. The number of carbonyl (C=O) groups excluding carboxylic acids is 1. The second-order valence-corrected chi connectivity index (χ2v) is 9.06. The predicted molar refractivity (Wildman–Crippen MR) is 109 cm³/mol. The number of thioether (sulfide) groups is 1. The Kier molecular flexibility index (Phi) is 5.29. The lowest BCUT2D eigenvalue weighted by Gasteiger charge is -2.12. The molecule has 0 fully saturated rings. The topological polar surface area (TPSA) is 83.6 Å². The first-order chi connectivity index (χ1) is 13.2. The second kappa shape index (κ2) is 7.84. The van der Waals surface area contributed by atoms with Crippen molar-refractivity contribution in [1.82, 2.24) is 14.8 Å². The van der Waals surface area contributed by atoms with Crippen molar-refractivity contribution >= 4 is 45.3 Å².